The van der Waals surface area contributed by atoms with Gasteiger partial charge in [0.15, 0.2) is 0 Å². The van der Waals surface area contributed by atoms with Gasteiger partial charge in [-0.3, -0.25) is 9.59 Å². The fourth-order valence-corrected chi connectivity index (χ4v) is 2.86. The van der Waals surface area contributed by atoms with E-state index in [0.717, 1.165) is 10.6 Å². The second-order valence-electron chi connectivity index (χ2n) is 5.15. The molecule has 0 saturated carbocycles. The maximum Gasteiger partial charge on any atom is 0.325 e. The van der Waals surface area contributed by atoms with E-state index in [2.05, 4.69) is 9.72 Å². The van der Waals surface area contributed by atoms with Crippen molar-refractivity contribution in [3.05, 3.63) is 40.4 Å². The van der Waals surface area contributed by atoms with Crippen LogP contribution in [0.3, 0.4) is 0 Å². The molecule has 0 atom stereocenters. The summed E-state index contributed by atoms with van der Waals surface area (Å²) in [6.45, 7) is 3.58. The monoisotopic (exact) mass is 352 g/mol. The molecule has 2 aromatic rings. The van der Waals surface area contributed by atoms with Crippen LogP contribution in [0.5, 0.6) is 0 Å². The van der Waals surface area contributed by atoms with Crippen molar-refractivity contribution in [1.29, 1.82) is 0 Å². The number of rotatable bonds is 5. The highest BCUT2D eigenvalue weighted by Crippen LogP contribution is 2.25. The summed E-state index contributed by atoms with van der Waals surface area (Å²) in [6, 6.07) is 7.12. The molecule has 0 aliphatic heterocycles. The van der Waals surface area contributed by atoms with E-state index in [9.17, 15) is 9.59 Å². The highest BCUT2D eigenvalue weighted by Gasteiger charge is 2.24. The lowest BCUT2D eigenvalue weighted by Gasteiger charge is -2.24. The highest BCUT2D eigenvalue weighted by atomic mass is 35.5. The zero-order chi connectivity index (χ0) is 17.0. The Hall–Kier alpha value is -1.92. The summed E-state index contributed by atoms with van der Waals surface area (Å²) in [5.74, 6) is -0.748. The van der Waals surface area contributed by atoms with Gasteiger partial charge in [-0.25, -0.2) is 4.98 Å². The summed E-state index contributed by atoms with van der Waals surface area (Å²) in [4.78, 5) is 29.9. The summed E-state index contributed by atoms with van der Waals surface area (Å²) >= 11 is 7.24. The van der Waals surface area contributed by atoms with Crippen molar-refractivity contribution < 1.29 is 14.3 Å². The van der Waals surface area contributed by atoms with E-state index in [1.807, 2.05) is 26.0 Å². The van der Waals surface area contributed by atoms with Gasteiger partial charge >= 0.3 is 5.97 Å². The number of hydrogen-bond donors (Lipinski definition) is 0. The first-order valence-corrected chi connectivity index (χ1v) is 8.27. The first-order chi connectivity index (χ1) is 10.9. The number of halogens is 1. The zero-order valence-corrected chi connectivity index (χ0v) is 14.6. The Labute approximate surface area is 143 Å². The number of carbonyl (C=O) groups excluding carboxylic acids is 2. The molecule has 1 aromatic carbocycles. The maximum absolute atomic E-state index is 12.6. The molecule has 0 bridgehead atoms. The van der Waals surface area contributed by atoms with Crippen LogP contribution in [0.2, 0.25) is 5.02 Å². The molecule has 1 aromatic heterocycles. The normalized spacial score (nSPS) is 10.7. The van der Waals surface area contributed by atoms with Gasteiger partial charge in [-0.15, -0.1) is 11.3 Å². The van der Waals surface area contributed by atoms with E-state index >= 15 is 0 Å². The lowest BCUT2D eigenvalue weighted by Crippen LogP contribution is -2.41. The van der Waals surface area contributed by atoms with Gasteiger partial charge in [0.25, 0.3) is 5.91 Å². The first kappa shape index (κ1) is 17.4. The minimum Gasteiger partial charge on any atom is -0.468 e. The SMILES string of the molecule is COC(=O)CN(C(=O)c1csc(-c2ccc(Cl)cc2)n1)C(C)C. The van der Waals surface area contributed by atoms with Crippen LogP contribution in [0.4, 0.5) is 0 Å². The molecule has 0 aliphatic rings. The van der Waals surface area contributed by atoms with Gasteiger partial charge in [-0.1, -0.05) is 23.7 Å². The minimum atomic E-state index is -0.458. The molecular weight excluding hydrogens is 336 g/mol. The molecule has 0 aliphatic carbocycles. The number of esters is 1. The predicted octanol–water partition coefficient (Wildman–Crippen LogP) is 3.49. The van der Waals surface area contributed by atoms with Crippen molar-refractivity contribution in [2.24, 2.45) is 0 Å². The van der Waals surface area contributed by atoms with Crippen LogP contribution in [0, 0.1) is 0 Å². The molecule has 7 heteroatoms. The third-order valence-electron chi connectivity index (χ3n) is 3.23. The molecule has 0 fully saturated rings. The Morgan fingerprint density at radius 3 is 2.52 bits per heavy atom. The molecule has 5 nitrogen and oxygen atoms in total. The van der Waals surface area contributed by atoms with Crippen LogP contribution in [-0.4, -0.2) is 41.5 Å². The number of hydrogen-bond acceptors (Lipinski definition) is 5. The summed E-state index contributed by atoms with van der Waals surface area (Å²) < 4.78 is 4.64. The Morgan fingerprint density at radius 1 is 1.30 bits per heavy atom. The Bertz CT molecular complexity index is 698. The Kier molecular flexibility index (Phi) is 5.74. The second-order valence-corrected chi connectivity index (χ2v) is 6.44. The van der Waals surface area contributed by atoms with E-state index in [4.69, 9.17) is 11.6 Å². The van der Waals surface area contributed by atoms with Crippen LogP contribution in [-0.2, 0) is 9.53 Å². The third-order valence-corrected chi connectivity index (χ3v) is 4.37. The van der Waals surface area contributed by atoms with E-state index in [1.54, 1.807) is 17.5 Å². The maximum atomic E-state index is 12.6. The highest BCUT2D eigenvalue weighted by molar-refractivity contribution is 7.13. The van der Waals surface area contributed by atoms with Crippen molar-refractivity contribution in [2.75, 3.05) is 13.7 Å². The quantitative estimate of drug-likeness (QED) is 0.773. The number of benzene rings is 1. The smallest absolute Gasteiger partial charge is 0.325 e. The number of nitrogens with zero attached hydrogens (tertiary/aromatic N) is 2. The standard InChI is InChI=1S/C16H17ClN2O3S/c1-10(2)19(8-14(20)22-3)16(21)13-9-23-15(18-13)11-4-6-12(17)7-5-11/h4-7,9-10H,8H2,1-3H3. The molecule has 0 N–H and O–H groups in total. The van der Waals surface area contributed by atoms with Crippen LogP contribution >= 0.6 is 22.9 Å². The summed E-state index contributed by atoms with van der Waals surface area (Å²) in [7, 11) is 1.30. The number of thiazole rings is 1. The van der Waals surface area contributed by atoms with Crippen molar-refractivity contribution in [2.45, 2.75) is 19.9 Å². The fraction of sp³-hybridized carbons (Fsp3) is 0.312. The van der Waals surface area contributed by atoms with E-state index in [0.29, 0.717) is 10.7 Å². The van der Waals surface area contributed by atoms with E-state index < -0.39 is 5.97 Å². The van der Waals surface area contributed by atoms with Gasteiger partial charge in [0.1, 0.15) is 17.2 Å². The van der Waals surface area contributed by atoms with E-state index in [-0.39, 0.29) is 18.5 Å². The summed E-state index contributed by atoms with van der Waals surface area (Å²) in [6.07, 6.45) is 0. The number of carbonyl (C=O) groups is 2. The van der Waals surface area contributed by atoms with Crippen molar-refractivity contribution in [1.82, 2.24) is 9.88 Å². The molecule has 0 radical (unpaired) electrons. The average Bonchev–Trinajstić information content (AvgIpc) is 3.02. The molecule has 1 heterocycles. The Balaban J connectivity index is 2.22. The van der Waals surface area contributed by atoms with Crippen LogP contribution in [0.25, 0.3) is 10.6 Å². The van der Waals surface area contributed by atoms with Gasteiger partial charge in [0.05, 0.1) is 7.11 Å². The molecule has 122 valence electrons. The number of ether oxygens (including phenoxy) is 1. The van der Waals surface area contributed by atoms with Crippen molar-refractivity contribution in [3.8, 4) is 10.6 Å². The largest absolute Gasteiger partial charge is 0.468 e. The average molecular weight is 353 g/mol. The topological polar surface area (TPSA) is 59.5 Å². The number of methoxy groups -OCH3 is 1. The van der Waals surface area contributed by atoms with Crippen LogP contribution in [0.15, 0.2) is 29.6 Å². The Morgan fingerprint density at radius 2 is 1.96 bits per heavy atom. The molecule has 0 unspecified atom stereocenters. The molecular formula is C16H17ClN2O3S. The van der Waals surface area contributed by atoms with Gasteiger partial charge in [0, 0.05) is 22.0 Å². The van der Waals surface area contributed by atoms with Gasteiger partial charge in [-0.2, -0.15) is 0 Å². The van der Waals surface area contributed by atoms with Crippen LogP contribution in [0.1, 0.15) is 24.3 Å². The van der Waals surface area contributed by atoms with Crippen molar-refractivity contribution >= 4 is 34.8 Å². The molecule has 0 spiro atoms. The van der Waals surface area contributed by atoms with Crippen molar-refractivity contribution in [3.63, 3.8) is 0 Å². The molecule has 0 saturated heterocycles. The molecule has 23 heavy (non-hydrogen) atoms. The predicted molar refractivity (Wildman–Crippen MR) is 90.7 cm³/mol. The number of amides is 1. The van der Waals surface area contributed by atoms with Gasteiger partial charge < -0.3 is 9.64 Å². The van der Waals surface area contributed by atoms with Gasteiger partial charge in [0.2, 0.25) is 0 Å². The second kappa shape index (κ2) is 7.57. The first-order valence-electron chi connectivity index (χ1n) is 7.01. The van der Waals surface area contributed by atoms with E-state index in [1.165, 1.54) is 23.3 Å². The summed E-state index contributed by atoms with van der Waals surface area (Å²) in [5.41, 5.74) is 1.21. The van der Waals surface area contributed by atoms with Gasteiger partial charge in [-0.05, 0) is 26.0 Å². The lowest BCUT2D eigenvalue weighted by atomic mass is 10.2. The third kappa shape index (κ3) is 4.30. The minimum absolute atomic E-state index is 0.0964. The molecule has 1 amide bonds. The molecule has 2 rings (SSSR count). The zero-order valence-electron chi connectivity index (χ0n) is 13.1. The fourth-order valence-electron chi connectivity index (χ4n) is 1.94. The van der Waals surface area contributed by atoms with Crippen LogP contribution < -0.4 is 0 Å². The number of aromatic nitrogens is 1. The lowest BCUT2D eigenvalue weighted by molar-refractivity contribution is -0.141. The summed E-state index contributed by atoms with van der Waals surface area (Å²) in [5, 5.41) is 3.07.